The largest absolute Gasteiger partial charge is 0.497 e. The van der Waals surface area contributed by atoms with E-state index in [1.54, 1.807) is 13.2 Å². The van der Waals surface area contributed by atoms with E-state index in [4.69, 9.17) is 4.74 Å². The molecular weight excluding hydrogens is 311 g/mol. The number of aryl methyl sites for hydroxylation is 2. The summed E-state index contributed by atoms with van der Waals surface area (Å²) in [5, 5.41) is 0. The number of halogens is 1. The second-order valence-corrected chi connectivity index (χ2v) is 6.30. The Bertz CT molecular complexity index is 906. The Hall–Kier alpha value is -2.87. The maximum absolute atomic E-state index is 13.9. The van der Waals surface area contributed by atoms with E-state index in [9.17, 15) is 4.39 Å². The standard InChI is InChI=1S/C23H19FO/c1-25-20-13-16(12-19(24)15-20)14-23-21-8-4-2-6-17(21)10-11-18-7-3-5-9-22(18)23/h2-9,12-15H,10-11H2,1H3. The van der Waals surface area contributed by atoms with Gasteiger partial charge in [0, 0.05) is 6.07 Å². The van der Waals surface area contributed by atoms with E-state index in [0.717, 1.165) is 24.0 Å². The van der Waals surface area contributed by atoms with Crippen LogP contribution >= 0.6 is 0 Å². The third kappa shape index (κ3) is 3.08. The van der Waals surface area contributed by atoms with Gasteiger partial charge in [-0.05, 0) is 64.4 Å². The fourth-order valence-corrected chi connectivity index (χ4v) is 3.52. The van der Waals surface area contributed by atoms with Gasteiger partial charge in [0.2, 0.25) is 0 Å². The average Bonchev–Trinajstić information content (AvgIpc) is 2.79. The average molecular weight is 330 g/mol. The normalized spacial score (nSPS) is 12.8. The van der Waals surface area contributed by atoms with Crippen molar-refractivity contribution in [1.29, 1.82) is 0 Å². The molecule has 0 saturated carbocycles. The molecule has 2 heteroatoms. The number of benzene rings is 3. The van der Waals surface area contributed by atoms with Gasteiger partial charge in [0.15, 0.2) is 0 Å². The van der Waals surface area contributed by atoms with Gasteiger partial charge in [-0.3, -0.25) is 0 Å². The zero-order chi connectivity index (χ0) is 17.2. The molecule has 1 nitrogen and oxygen atoms in total. The van der Waals surface area contributed by atoms with Crippen molar-refractivity contribution in [3.8, 4) is 5.75 Å². The van der Waals surface area contributed by atoms with Crippen molar-refractivity contribution in [2.45, 2.75) is 12.8 Å². The molecule has 0 N–H and O–H groups in total. The Morgan fingerprint density at radius 2 is 1.44 bits per heavy atom. The molecule has 0 saturated heterocycles. The van der Waals surface area contributed by atoms with E-state index in [0.29, 0.717) is 5.75 Å². The highest BCUT2D eigenvalue weighted by atomic mass is 19.1. The van der Waals surface area contributed by atoms with Gasteiger partial charge in [0.25, 0.3) is 0 Å². The van der Waals surface area contributed by atoms with Gasteiger partial charge in [-0.25, -0.2) is 4.39 Å². The van der Waals surface area contributed by atoms with E-state index >= 15 is 0 Å². The molecule has 25 heavy (non-hydrogen) atoms. The summed E-state index contributed by atoms with van der Waals surface area (Å²) in [5.41, 5.74) is 7.03. The molecule has 1 aliphatic carbocycles. The van der Waals surface area contributed by atoms with E-state index in [1.165, 1.54) is 28.3 Å². The van der Waals surface area contributed by atoms with Gasteiger partial charge in [-0.2, -0.15) is 0 Å². The summed E-state index contributed by atoms with van der Waals surface area (Å²) >= 11 is 0. The first-order valence-electron chi connectivity index (χ1n) is 8.47. The Balaban J connectivity index is 1.95. The van der Waals surface area contributed by atoms with Crippen LogP contribution in [0.1, 0.15) is 27.8 Å². The number of hydrogen-bond donors (Lipinski definition) is 0. The summed E-state index contributed by atoms with van der Waals surface area (Å²) in [7, 11) is 1.56. The van der Waals surface area contributed by atoms with Crippen LogP contribution in [0.2, 0.25) is 0 Å². The third-order valence-corrected chi connectivity index (χ3v) is 4.72. The quantitative estimate of drug-likeness (QED) is 0.601. The van der Waals surface area contributed by atoms with Crippen LogP contribution in [-0.4, -0.2) is 7.11 Å². The topological polar surface area (TPSA) is 9.23 Å². The van der Waals surface area contributed by atoms with Crippen LogP contribution in [-0.2, 0) is 12.8 Å². The lowest BCUT2D eigenvalue weighted by molar-refractivity contribution is 0.411. The zero-order valence-electron chi connectivity index (χ0n) is 14.1. The predicted octanol–water partition coefficient (Wildman–Crippen LogP) is 5.52. The molecule has 0 heterocycles. The molecule has 0 amide bonds. The van der Waals surface area contributed by atoms with Crippen molar-refractivity contribution >= 4 is 11.6 Å². The van der Waals surface area contributed by atoms with E-state index < -0.39 is 0 Å². The molecule has 3 aromatic rings. The molecule has 0 aliphatic heterocycles. The number of hydrogen-bond acceptors (Lipinski definition) is 1. The van der Waals surface area contributed by atoms with Crippen molar-refractivity contribution in [3.63, 3.8) is 0 Å². The minimum atomic E-state index is -0.290. The van der Waals surface area contributed by atoms with Crippen LogP contribution in [0.3, 0.4) is 0 Å². The van der Waals surface area contributed by atoms with Gasteiger partial charge in [0.05, 0.1) is 7.11 Å². The smallest absolute Gasteiger partial charge is 0.127 e. The molecule has 0 radical (unpaired) electrons. The Kier molecular flexibility index (Phi) is 4.10. The van der Waals surface area contributed by atoms with Crippen molar-refractivity contribution in [2.24, 2.45) is 0 Å². The summed E-state index contributed by atoms with van der Waals surface area (Å²) in [6.07, 6.45) is 4.09. The third-order valence-electron chi connectivity index (χ3n) is 4.72. The number of methoxy groups -OCH3 is 1. The number of fused-ring (bicyclic) bond motifs is 2. The SMILES string of the molecule is COc1cc(F)cc(C=C2c3ccccc3CCc3ccccc32)c1. The van der Waals surface area contributed by atoms with Crippen molar-refractivity contribution in [3.05, 3.63) is 100 Å². The molecule has 0 unspecified atom stereocenters. The summed E-state index contributed by atoms with van der Waals surface area (Å²) < 4.78 is 19.2. The molecule has 0 spiro atoms. The highest BCUT2D eigenvalue weighted by molar-refractivity contribution is 5.94. The molecule has 1 aliphatic rings. The molecule has 3 aromatic carbocycles. The van der Waals surface area contributed by atoms with Crippen LogP contribution in [0.25, 0.3) is 11.6 Å². The lowest BCUT2D eigenvalue weighted by Crippen LogP contribution is -1.93. The second-order valence-electron chi connectivity index (χ2n) is 6.30. The minimum Gasteiger partial charge on any atom is -0.497 e. The first kappa shape index (κ1) is 15.6. The van der Waals surface area contributed by atoms with Gasteiger partial charge in [-0.1, -0.05) is 48.5 Å². The molecule has 124 valence electrons. The zero-order valence-corrected chi connectivity index (χ0v) is 14.1. The number of rotatable bonds is 2. The van der Waals surface area contributed by atoms with Gasteiger partial charge in [-0.15, -0.1) is 0 Å². The molecule has 0 fully saturated rings. The molecule has 4 rings (SSSR count). The lowest BCUT2D eigenvalue weighted by atomic mass is 9.92. The maximum atomic E-state index is 13.9. The van der Waals surface area contributed by atoms with Crippen LogP contribution in [0.15, 0.2) is 66.7 Å². The Labute approximate surface area is 147 Å². The Morgan fingerprint density at radius 1 is 0.840 bits per heavy atom. The van der Waals surface area contributed by atoms with E-state index in [-0.39, 0.29) is 5.82 Å². The van der Waals surface area contributed by atoms with Gasteiger partial charge in [0.1, 0.15) is 11.6 Å². The fraction of sp³-hybridized carbons (Fsp3) is 0.130. The second kappa shape index (κ2) is 6.56. The summed E-state index contributed by atoms with van der Waals surface area (Å²) in [5.74, 6) is 0.239. The summed E-state index contributed by atoms with van der Waals surface area (Å²) in [6.45, 7) is 0. The van der Waals surface area contributed by atoms with Crippen LogP contribution in [0.4, 0.5) is 4.39 Å². The van der Waals surface area contributed by atoms with Crippen molar-refractivity contribution < 1.29 is 9.13 Å². The molecule has 0 atom stereocenters. The summed E-state index contributed by atoms with van der Waals surface area (Å²) in [6, 6.07) is 21.8. The van der Waals surface area contributed by atoms with E-state index in [1.807, 2.05) is 6.07 Å². The highest BCUT2D eigenvalue weighted by Gasteiger charge is 2.17. The molecule has 0 bridgehead atoms. The Morgan fingerprint density at radius 3 is 2.04 bits per heavy atom. The lowest BCUT2D eigenvalue weighted by Gasteiger charge is -2.12. The van der Waals surface area contributed by atoms with Crippen LogP contribution in [0, 0.1) is 5.82 Å². The van der Waals surface area contributed by atoms with Crippen molar-refractivity contribution in [2.75, 3.05) is 7.11 Å². The van der Waals surface area contributed by atoms with Crippen LogP contribution < -0.4 is 4.74 Å². The van der Waals surface area contributed by atoms with E-state index in [2.05, 4.69) is 54.6 Å². The monoisotopic (exact) mass is 330 g/mol. The molecule has 0 aromatic heterocycles. The summed E-state index contributed by atoms with van der Waals surface area (Å²) in [4.78, 5) is 0. The first-order valence-corrected chi connectivity index (χ1v) is 8.47. The highest BCUT2D eigenvalue weighted by Crippen LogP contribution is 2.35. The van der Waals surface area contributed by atoms with Gasteiger partial charge >= 0.3 is 0 Å². The van der Waals surface area contributed by atoms with Crippen LogP contribution in [0.5, 0.6) is 5.75 Å². The maximum Gasteiger partial charge on any atom is 0.127 e. The molecular formula is C23H19FO. The fourth-order valence-electron chi connectivity index (χ4n) is 3.52. The minimum absolute atomic E-state index is 0.290. The van der Waals surface area contributed by atoms with Gasteiger partial charge < -0.3 is 4.74 Å². The predicted molar refractivity (Wildman–Crippen MR) is 100 cm³/mol. The first-order chi connectivity index (χ1) is 12.2. The number of ether oxygens (including phenoxy) is 1. The van der Waals surface area contributed by atoms with Crippen molar-refractivity contribution in [1.82, 2.24) is 0 Å².